The van der Waals surface area contributed by atoms with Gasteiger partial charge in [0.15, 0.2) is 5.96 Å². The highest BCUT2D eigenvalue weighted by Gasteiger charge is 2.24. The SMILES string of the molecule is CC(C)(C)NC(N)=NCC(c1cccs1)N1CCCC1.I. The number of hydrogen-bond acceptors (Lipinski definition) is 3. The summed E-state index contributed by atoms with van der Waals surface area (Å²) in [4.78, 5) is 8.47. The average Bonchev–Trinajstić information content (AvgIpc) is 2.98. The molecule has 21 heavy (non-hydrogen) atoms. The molecular weight excluding hydrogens is 395 g/mol. The van der Waals surface area contributed by atoms with Crippen LogP contribution in [0.25, 0.3) is 0 Å². The fourth-order valence-corrected chi connectivity index (χ4v) is 3.38. The first-order valence-corrected chi connectivity index (χ1v) is 8.19. The molecule has 1 aliphatic heterocycles. The average molecular weight is 422 g/mol. The minimum atomic E-state index is -0.0420. The molecule has 0 bridgehead atoms. The first-order valence-electron chi connectivity index (χ1n) is 7.31. The summed E-state index contributed by atoms with van der Waals surface area (Å²) in [7, 11) is 0. The quantitative estimate of drug-likeness (QED) is 0.445. The fraction of sp³-hybridized carbons (Fsp3) is 0.667. The number of nitrogens with one attached hydrogen (secondary N) is 1. The maximum Gasteiger partial charge on any atom is 0.189 e. The molecule has 0 radical (unpaired) electrons. The van der Waals surface area contributed by atoms with Gasteiger partial charge in [0.05, 0.1) is 12.6 Å². The van der Waals surface area contributed by atoms with Crippen molar-refractivity contribution < 1.29 is 0 Å². The van der Waals surface area contributed by atoms with Crippen LogP contribution in [0, 0.1) is 0 Å². The molecular formula is C15H27IN4S. The predicted octanol–water partition coefficient (Wildman–Crippen LogP) is 3.21. The second kappa shape index (κ2) is 8.33. The Hall–Kier alpha value is -0.340. The Bertz CT molecular complexity index is 433. The normalized spacial score (nSPS) is 18.3. The summed E-state index contributed by atoms with van der Waals surface area (Å²) in [6.45, 7) is 9.34. The van der Waals surface area contributed by atoms with Crippen LogP contribution in [0.5, 0.6) is 0 Å². The monoisotopic (exact) mass is 422 g/mol. The van der Waals surface area contributed by atoms with Crippen molar-refractivity contribution in [3.8, 4) is 0 Å². The van der Waals surface area contributed by atoms with E-state index in [0.29, 0.717) is 12.0 Å². The number of halogens is 1. The first kappa shape index (κ1) is 18.7. The lowest BCUT2D eigenvalue weighted by molar-refractivity contribution is 0.255. The van der Waals surface area contributed by atoms with Crippen LogP contribution in [-0.4, -0.2) is 36.0 Å². The van der Waals surface area contributed by atoms with E-state index < -0.39 is 0 Å². The van der Waals surface area contributed by atoms with Crippen molar-refractivity contribution in [2.75, 3.05) is 19.6 Å². The Labute approximate surface area is 149 Å². The van der Waals surface area contributed by atoms with Gasteiger partial charge in [0.1, 0.15) is 0 Å². The van der Waals surface area contributed by atoms with Crippen molar-refractivity contribution in [1.29, 1.82) is 0 Å². The van der Waals surface area contributed by atoms with Gasteiger partial charge < -0.3 is 11.1 Å². The first-order chi connectivity index (χ1) is 9.46. The van der Waals surface area contributed by atoms with Crippen molar-refractivity contribution in [2.45, 2.75) is 45.2 Å². The Morgan fingerprint density at radius 1 is 1.43 bits per heavy atom. The summed E-state index contributed by atoms with van der Waals surface area (Å²) in [6, 6.07) is 4.69. The number of hydrogen-bond donors (Lipinski definition) is 2. The maximum absolute atomic E-state index is 5.98. The molecule has 0 saturated carbocycles. The molecule has 120 valence electrons. The Morgan fingerprint density at radius 2 is 2.10 bits per heavy atom. The van der Waals surface area contributed by atoms with Crippen molar-refractivity contribution in [3.05, 3.63) is 22.4 Å². The van der Waals surface area contributed by atoms with E-state index in [1.165, 1.54) is 30.8 Å². The highest BCUT2D eigenvalue weighted by atomic mass is 127. The molecule has 1 unspecified atom stereocenters. The molecule has 1 aromatic rings. The maximum atomic E-state index is 5.98. The lowest BCUT2D eigenvalue weighted by Crippen LogP contribution is -2.45. The van der Waals surface area contributed by atoms with Gasteiger partial charge in [-0.15, -0.1) is 35.3 Å². The molecule has 0 spiro atoms. The third kappa shape index (κ3) is 6.12. The van der Waals surface area contributed by atoms with Gasteiger partial charge in [-0.3, -0.25) is 9.89 Å². The Kier molecular flexibility index (Phi) is 7.42. The molecule has 1 aromatic heterocycles. The molecule has 4 nitrogen and oxygen atoms in total. The number of likely N-dealkylation sites (tertiary alicyclic amines) is 1. The van der Waals surface area contributed by atoms with E-state index in [1.54, 1.807) is 0 Å². The molecule has 0 aliphatic carbocycles. The molecule has 1 aliphatic rings. The number of guanidine groups is 1. The van der Waals surface area contributed by atoms with E-state index in [-0.39, 0.29) is 29.5 Å². The van der Waals surface area contributed by atoms with Crippen molar-refractivity contribution >= 4 is 41.3 Å². The molecule has 1 atom stereocenters. The zero-order valence-corrected chi connectivity index (χ0v) is 16.3. The van der Waals surface area contributed by atoms with Gasteiger partial charge in [0.2, 0.25) is 0 Å². The molecule has 2 heterocycles. The lowest BCUT2D eigenvalue weighted by atomic mass is 10.1. The van der Waals surface area contributed by atoms with E-state index in [1.807, 2.05) is 11.3 Å². The van der Waals surface area contributed by atoms with Gasteiger partial charge in [-0.1, -0.05) is 6.07 Å². The number of nitrogens with zero attached hydrogens (tertiary/aromatic N) is 2. The van der Waals surface area contributed by atoms with Crippen molar-refractivity contribution in [1.82, 2.24) is 10.2 Å². The van der Waals surface area contributed by atoms with E-state index in [2.05, 4.69) is 53.5 Å². The van der Waals surface area contributed by atoms with Crippen LogP contribution < -0.4 is 11.1 Å². The molecule has 2 rings (SSSR count). The largest absolute Gasteiger partial charge is 0.370 e. The summed E-state index contributed by atoms with van der Waals surface area (Å²) in [5.41, 5.74) is 5.94. The third-order valence-electron chi connectivity index (χ3n) is 3.39. The van der Waals surface area contributed by atoms with Gasteiger partial charge in [0, 0.05) is 10.4 Å². The smallest absolute Gasteiger partial charge is 0.189 e. The number of nitrogens with two attached hydrogens (primary N) is 1. The molecule has 1 fully saturated rings. The number of aliphatic imine (C=N–C) groups is 1. The van der Waals surface area contributed by atoms with Gasteiger partial charge in [0.25, 0.3) is 0 Å². The highest BCUT2D eigenvalue weighted by Crippen LogP contribution is 2.28. The predicted molar refractivity (Wildman–Crippen MR) is 103 cm³/mol. The second-order valence-corrected chi connectivity index (χ2v) is 7.35. The van der Waals surface area contributed by atoms with Crippen LogP contribution >= 0.6 is 35.3 Å². The summed E-state index contributed by atoms with van der Waals surface area (Å²) >= 11 is 1.81. The van der Waals surface area contributed by atoms with E-state index in [4.69, 9.17) is 5.73 Å². The summed E-state index contributed by atoms with van der Waals surface area (Å²) < 4.78 is 0. The second-order valence-electron chi connectivity index (χ2n) is 6.38. The van der Waals surface area contributed by atoms with Crippen LogP contribution in [0.15, 0.2) is 22.5 Å². The van der Waals surface area contributed by atoms with Crippen LogP contribution in [0.4, 0.5) is 0 Å². The van der Waals surface area contributed by atoms with Crippen LogP contribution in [-0.2, 0) is 0 Å². The Balaban J connectivity index is 0.00000220. The van der Waals surface area contributed by atoms with Crippen molar-refractivity contribution in [2.24, 2.45) is 10.7 Å². The van der Waals surface area contributed by atoms with Crippen LogP contribution in [0.1, 0.15) is 44.5 Å². The molecule has 3 N–H and O–H groups in total. The number of rotatable bonds is 4. The molecule has 0 amide bonds. The highest BCUT2D eigenvalue weighted by molar-refractivity contribution is 14.0. The van der Waals surface area contributed by atoms with Crippen LogP contribution in [0.2, 0.25) is 0 Å². The number of thiophene rings is 1. The molecule has 6 heteroatoms. The zero-order chi connectivity index (χ0) is 14.6. The van der Waals surface area contributed by atoms with E-state index in [0.717, 1.165) is 6.54 Å². The fourth-order valence-electron chi connectivity index (χ4n) is 2.53. The lowest BCUT2D eigenvalue weighted by Gasteiger charge is -2.26. The minimum absolute atomic E-state index is 0. The minimum Gasteiger partial charge on any atom is -0.370 e. The van der Waals surface area contributed by atoms with Gasteiger partial charge in [-0.2, -0.15) is 0 Å². The van der Waals surface area contributed by atoms with Gasteiger partial charge >= 0.3 is 0 Å². The molecule has 1 saturated heterocycles. The zero-order valence-electron chi connectivity index (χ0n) is 13.1. The standard InChI is InChI=1S/C15H26N4S.HI/c1-15(2,3)18-14(16)17-11-12(13-7-6-10-20-13)19-8-4-5-9-19;/h6-7,10,12H,4-5,8-9,11H2,1-3H3,(H3,16,17,18);1H. The topological polar surface area (TPSA) is 53.6 Å². The van der Waals surface area contributed by atoms with Gasteiger partial charge in [-0.25, -0.2) is 0 Å². The van der Waals surface area contributed by atoms with E-state index >= 15 is 0 Å². The summed E-state index contributed by atoms with van der Waals surface area (Å²) in [5, 5.41) is 5.36. The summed E-state index contributed by atoms with van der Waals surface area (Å²) in [5.74, 6) is 0.540. The Morgan fingerprint density at radius 3 is 2.62 bits per heavy atom. The van der Waals surface area contributed by atoms with E-state index in [9.17, 15) is 0 Å². The van der Waals surface area contributed by atoms with Crippen molar-refractivity contribution in [3.63, 3.8) is 0 Å². The van der Waals surface area contributed by atoms with Crippen LogP contribution in [0.3, 0.4) is 0 Å². The third-order valence-corrected chi connectivity index (χ3v) is 4.36. The molecule has 0 aromatic carbocycles. The summed E-state index contributed by atoms with van der Waals surface area (Å²) in [6.07, 6.45) is 2.59. The van der Waals surface area contributed by atoms with Gasteiger partial charge in [-0.05, 0) is 58.1 Å².